The number of nitrogens with two attached hydrogens (primary N) is 1. The molecule has 0 spiro atoms. The Bertz CT molecular complexity index is 482. The molecule has 82 valence electrons. The molecule has 7 nitrogen and oxygen atoms in total. The lowest BCUT2D eigenvalue weighted by Gasteiger charge is -2.06. The number of hydrogen-bond donors (Lipinski definition) is 3. The molecule has 0 aliphatic rings. The van der Waals surface area contributed by atoms with E-state index in [0.717, 1.165) is 0 Å². The van der Waals surface area contributed by atoms with Crippen LogP contribution in [0.4, 0.5) is 11.4 Å². The highest BCUT2D eigenvalue weighted by Crippen LogP contribution is 2.14. The topological polar surface area (TPSA) is 106 Å². The van der Waals surface area contributed by atoms with Crippen LogP contribution in [0.2, 0.25) is 0 Å². The van der Waals surface area contributed by atoms with Crippen molar-refractivity contribution in [2.45, 2.75) is 0 Å². The van der Waals surface area contributed by atoms with Gasteiger partial charge in [0.15, 0.2) is 0 Å². The quantitative estimate of drug-likeness (QED) is 0.515. The first-order valence-electron chi connectivity index (χ1n) is 4.42. The first-order valence-corrected chi connectivity index (χ1v) is 4.42. The fourth-order valence-electron chi connectivity index (χ4n) is 1.17. The number of nitrogen functional groups attached to an aromatic ring is 1. The van der Waals surface area contributed by atoms with Crippen LogP contribution >= 0.6 is 0 Å². The Morgan fingerprint density at radius 1 is 1.44 bits per heavy atom. The smallest absolute Gasteiger partial charge is 0.258 e. The number of nitrogens with one attached hydrogen (secondary N) is 2. The third-order valence-electron chi connectivity index (χ3n) is 1.91. The monoisotopic (exact) mass is 219 g/mol. The van der Waals surface area contributed by atoms with Crippen molar-refractivity contribution in [3.63, 3.8) is 0 Å². The Morgan fingerprint density at radius 3 is 3.00 bits per heavy atom. The molecule has 16 heavy (non-hydrogen) atoms. The van der Waals surface area contributed by atoms with Gasteiger partial charge >= 0.3 is 0 Å². The lowest BCUT2D eigenvalue weighted by molar-refractivity contribution is 0.102. The van der Waals surface area contributed by atoms with Crippen molar-refractivity contribution in [3.05, 3.63) is 36.5 Å². The molecular formula is C9H9N5O2. The fraction of sp³-hybridized carbons (Fsp3) is 0. The van der Waals surface area contributed by atoms with E-state index < -0.39 is 0 Å². The summed E-state index contributed by atoms with van der Waals surface area (Å²) in [4.78, 5) is 15.6. The van der Waals surface area contributed by atoms with Gasteiger partial charge in [0, 0.05) is 6.20 Å². The van der Waals surface area contributed by atoms with E-state index in [9.17, 15) is 4.79 Å². The highest BCUT2D eigenvalue weighted by atomic mass is 16.5. The van der Waals surface area contributed by atoms with Crippen molar-refractivity contribution in [3.8, 4) is 0 Å². The van der Waals surface area contributed by atoms with Gasteiger partial charge in [0.2, 0.25) is 0 Å². The van der Waals surface area contributed by atoms with Crippen molar-refractivity contribution in [2.75, 3.05) is 10.7 Å². The minimum atomic E-state index is -0.321. The molecule has 2 heterocycles. The van der Waals surface area contributed by atoms with Crippen LogP contribution in [0.5, 0.6) is 0 Å². The minimum Gasteiger partial charge on any atom is -0.363 e. The number of rotatable bonds is 3. The Kier molecular flexibility index (Phi) is 2.79. The number of amides is 1. The minimum absolute atomic E-state index is 0.321. The molecule has 0 aliphatic heterocycles. The first kappa shape index (κ1) is 10.1. The van der Waals surface area contributed by atoms with Crippen LogP contribution < -0.4 is 16.6 Å². The number of carbonyl (C=O) groups excluding carboxylic acids is 1. The van der Waals surface area contributed by atoms with Crippen molar-refractivity contribution < 1.29 is 9.32 Å². The molecule has 0 atom stereocenters. The molecule has 0 fully saturated rings. The number of hydrogen-bond acceptors (Lipinski definition) is 6. The van der Waals surface area contributed by atoms with E-state index in [-0.39, 0.29) is 5.91 Å². The summed E-state index contributed by atoms with van der Waals surface area (Å²) in [6, 6.07) is 1.55. The Balaban J connectivity index is 2.21. The molecule has 2 aromatic rings. The second kappa shape index (κ2) is 4.41. The van der Waals surface area contributed by atoms with Gasteiger partial charge in [-0.2, -0.15) is 0 Å². The summed E-state index contributed by atoms with van der Waals surface area (Å²) in [7, 11) is 0. The predicted octanol–water partition coefficient (Wildman–Crippen LogP) is 0.608. The van der Waals surface area contributed by atoms with Crippen molar-refractivity contribution >= 4 is 17.3 Å². The van der Waals surface area contributed by atoms with Gasteiger partial charge < -0.3 is 15.3 Å². The first-order chi connectivity index (χ1) is 7.81. The highest BCUT2D eigenvalue weighted by Gasteiger charge is 2.11. The number of pyridine rings is 1. The molecule has 0 aromatic carbocycles. The molecule has 4 N–H and O–H groups in total. The summed E-state index contributed by atoms with van der Waals surface area (Å²) >= 11 is 0. The summed E-state index contributed by atoms with van der Waals surface area (Å²) in [5.41, 5.74) is 3.70. The molecule has 2 aromatic heterocycles. The Hall–Kier alpha value is -2.41. The summed E-state index contributed by atoms with van der Waals surface area (Å²) in [5.74, 6) is 4.94. The van der Waals surface area contributed by atoms with Gasteiger partial charge in [0.25, 0.3) is 5.91 Å². The normalized spacial score (nSPS) is 9.81. The number of nitrogens with zero attached hydrogens (tertiary/aromatic N) is 2. The van der Waals surface area contributed by atoms with E-state index >= 15 is 0 Å². The van der Waals surface area contributed by atoms with E-state index in [1.165, 1.54) is 24.9 Å². The number of anilines is 2. The lowest BCUT2D eigenvalue weighted by Crippen LogP contribution is -2.17. The fourth-order valence-corrected chi connectivity index (χ4v) is 1.17. The van der Waals surface area contributed by atoms with Gasteiger partial charge in [0.05, 0.1) is 23.6 Å². The predicted molar refractivity (Wildman–Crippen MR) is 56.5 cm³/mol. The number of aromatic nitrogens is 2. The van der Waals surface area contributed by atoms with Gasteiger partial charge in [-0.05, 0) is 6.07 Å². The second-order valence-electron chi connectivity index (χ2n) is 2.93. The third kappa shape index (κ3) is 1.98. The van der Waals surface area contributed by atoms with E-state index in [1.807, 2.05) is 0 Å². The Labute approximate surface area is 90.6 Å². The molecule has 0 saturated heterocycles. The van der Waals surface area contributed by atoms with Crippen molar-refractivity contribution in [2.24, 2.45) is 5.84 Å². The third-order valence-corrected chi connectivity index (χ3v) is 1.91. The van der Waals surface area contributed by atoms with E-state index in [4.69, 9.17) is 5.84 Å². The zero-order valence-electron chi connectivity index (χ0n) is 8.18. The zero-order chi connectivity index (χ0) is 11.4. The molecule has 2 rings (SSSR count). The number of hydrazine groups is 1. The van der Waals surface area contributed by atoms with Crippen LogP contribution in [0.1, 0.15) is 10.4 Å². The largest absolute Gasteiger partial charge is 0.363 e. The van der Waals surface area contributed by atoms with Gasteiger partial charge in [-0.15, -0.1) is 0 Å². The lowest BCUT2D eigenvalue weighted by atomic mass is 10.2. The summed E-state index contributed by atoms with van der Waals surface area (Å²) in [6.07, 6.45) is 5.69. The molecular weight excluding hydrogens is 210 g/mol. The maximum absolute atomic E-state index is 11.8. The van der Waals surface area contributed by atoms with Crippen LogP contribution in [0.15, 0.2) is 35.4 Å². The average molecular weight is 219 g/mol. The van der Waals surface area contributed by atoms with Crippen molar-refractivity contribution in [1.82, 2.24) is 10.1 Å². The molecule has 0 aliphatic carbocycles. The van der Waals surface area contributed by atoms with Crippen LogP contribution in [0.3, 0.4) is 0 Å². The van der Waals surface area contributed by atoms with Crippen molar-refractivity contribution in [1.29, 1.82) is 0 Å². The van der Waals surface area contributed by atoms with Crippen LogP contribution in [0, 0.1) is 0 Å². The molecule has 7 heteroatoms. The van der Waals surface area contributed by atoms with Gasteiger partial charge in [-0.3, -0.25) is 15.6 Å². The van der Waals surface area contributed by atoms with Gasteiger partial charge in [0.1, 0.15) is 12.0 Å². The molecule has 0 radical (unpaired) electrons. The maximum atomic E-state index is 11.8. The average Bonchev–Trinajstić information content (AvgIpc) is 2.81. The SMILES string of the molecule is NNc1cnccc1C(=O)Nc1cnoc1. The van der Waals surface area contributed by atoms with Crippen LogP contribution in [0.25, 0.3) is 0 Å². The summed E-state index contributed by atoms with van der Waals surface area (Å²) in [5, 5.41) is 6.06. The van der Waals surface area contributed by atoms with E-state index in [0.29, 0.717) is 16.9 Å². The summed E-state index contributed by atoms with van der Waals surface area (Å²) < 4.78 is 4.59. The maximum Gasteiger partial charge on any atom is 0.258 e. The second-order valence-corrected chi connectivity index (χ2v) is 2.93. The van der Waals surface area contributed by atoms with Gasteiger partial charge in [-0.1, -0.05) is 5.16 Å². The molecule has 0 bridgehead atoms. The van der Waals surface area contributed by atoms with Crippen LogP contribution in [-0.4, -0.2) is 16.0 Å². The standard InChI is InChI=1S/C9H9N5O2/c10-14-8-4-11-2-1-7(8)9(15)13-6-3-12-16-5-6/h1-5,14H,10H2,(H,13,15). The Morgan fingerprint density at radius 2 is 2.31 bits per heavy atom. The van der Waals surface area contributed by atoms with E-state index in [2.05, 4.69) is 25.4 Å². The molecule has 0 unspecified atom stereocenters. The molecule has 1 amide bonds. The number of carbonyl (C=O) groups is 1. The molecule has 0 saturated carbocycles. The summed E-state index contributed by atoms with van der Waals surface area (Å²) in [6.45, 7) is 0. The van der Waals surface area contributed by atoms with Gasteiger partial charge in [-0.25, -0.2) is 0 Å². The highest BCUT2D eigenvalue weighted by molar-refractivity contribution is 6.07. The van der Waals surface area contributed by atoms with E-state index in [1.54, 1.807) is 6.07 Å². The van der Waals surface area contributed by atoms with Crippen LogP contribution in [-0.2, 0) is 0 Å². The zero-order valence-corrected chi connectivity index (χ0v) is 8.18.